The Morgan fingerprint density at radius 2 is 1.72 bits per heavy atom. The molecule has 11 nitrogen and oxygen atoms in total. The average Bonchev–Trinajstić information content (AvgIpc) is 3.79. The number of carbonyl (C=O) groups is 1. The molecule has 3 N–H and O–H groups in total. The number of hydrogen-bond donors (Lipinski definition) is 3. The van der Waals surface area contributed by atoms with Gasteiger partial charge in [-0.15, -0.1) is 0 Å². The number of aromatic nitrogens is 3. The van der Waals surface area contributed by atoms with Crippen molar-refractivity contribution >= 4 is 17.5 Å². The van der Waals surface area contributed by atoms with Gasteiger partial charge >= 0.3 is 6.18 Å². The Morgan fingerprint density at radius 1 is 0.926 bits per heavy atom. The standard InChI is InChI=1S/C39H42ClF3N6O5/c1-51-36-22(19-44-21-25-7-11-33(50)47-25)6-9-31(48-36)29-12-15-45-35(34(29)40)28-5-3-4-27-26(28)8-10-32(27)54-38-30(39(41,42)43)18-23(37(49-38)52-2)20-46-24-13-16-53-17-14-24/h3-6,9,12,15,18,24-25,32,44,46H,7-8,10-11,13-14,16-17,19-21H2,1-2H3,(H,47,50)/t25-,32+/m0/s1. The highest BCUT2D eigenvalue weighted by molar-refractivity contribution is 6.35. The Morgan fingerprint density at radius 3 is 2.46 bits per heavy atom. The van der Waals surface area contributed by atoms with E-state index in [-0.39, 0.29) is 30.4 Å². The van der Waals surface area contributed by atoms with Gasteiger partial charge in [0, 0.05) is 79.8 Å². The number of alkyl halides is 3. The molecule has 1 aromatic carbocycles. The van der Waals surface area contributed by atoms with Gasteiger partial charge in [0.25, 0.3) is 0 Å². The van der Waals surface area contributed by atoms with Crippen molar-refractivity contribution in [3.63, 3.8) is 0 Å². The second-order valence-electron chi connectivity index (χ2n) is 13.6. The molecule has 2 fully saturated rings. The fourth-order valence-electron chi connectivity index (χ4n) is 7.34. The van der Waals surface area contributed by atoms with Crippen LogP contribution in [-0.4, -0.2) is 66.9 Å². The monoisotopic (exact) mass is 766 g/mol. The van der Waals surface area contributed by atoms with E-state index < -0.39 is 23.7 Å². The van der Waals surface area contributed by atoms with E-state index in [1.54, 1.807) is 19.4 Å². The Hall–Kier alpha value is -4.50. The summed E-state index contributed by atoms with van der Waals surface area (Å²) in [4.78, 5) is 25.2. The van der Waals surface area contributed by atoms with Crippen LogP contribution in [0.2, 0.25) is 5.02 Å². The van der Waals surface area contributed by atoms with E-state index in [0.717, 1.165) is 47.6 Å². The smallest absolute Gasteiger partial charge is 0.421 e. The summed E-state index contributed by atoms with van der Waals surface area (Å²) < 4.78 is 66.0. The van der Waals surface area contributed by atoms with E-state index in [2.05, 4.69) is 25.9 Å². The van der Waals surface area contributed by atoms with Crippen molar-refractivity contribution in [3.8, 4) is 40.2 Å². The lowest BCUT2D eigenvalue weighted by Gasteiger charge is -2.24. The van der Waals surface area contributed by atoms with Crippen molar-refractivity contribution in [1.29, 1.82) is 0 Å². The molecule has 2 atom stereocenters. The zero-order valence-electron chi connectivity index (χ0n) is 30.0. The number of halogens is 4. The number of fused-ring (bicyclic) bond motifs is 1. The van der Waals surface area contributed by atoms with Gasteiger partial charge in [-0.05, 0) is 61.4 Å². The number of nitrogens with zero attached hydrogens (tertiary/aromatic N) is 3. The lowest BCUT2D eigenvalue weighted by molar-refractivity contribution is -0.139. The first-order valence-corrected chi connectivity index (χ1v) is 18.4. The predicted molar refractivity (Wildman–Crippen MR) is 195 cm³/mol. The fraction of sp³-hybridized carbons (Fsp3) is 0.436. The molecule has 0 radical (unpaired) electrons. The number of hydrogen-bond acceptors (Lipinski definition) is 10. The van der Waals surface area contributed by atoms with E-state index in [0.29, 0.717) is 79.0 Å². The molecular weight excluding hydrogens is 725 g/mol. The van der Waals surface area contributed by atoms with Crippen LogP contribution in [0.15, 0.2) is 48.7 Å². The first-order valence-electron chi connectivity index (χ1n) is 18.1. The van der Waals surface area contributed by atoms with Gasteiger partial charge < -0.3 is 34.9 Å². The van der Waals surface area contributed by atoms with Crippen molar-refractivity contribution < 1.29 is 36.9 Å². The van der Waals surface area contributed by atoms with Gasteiger partial charge in [0.1, 0.15) is 11.7 Å². The van der Waals surface area contributed by atoms with Gasteiger partial charge in [0.2, 0.25) is 23.5 Å². The second kappa shape index (κ2) is 16.5. The van der Waals surface area contributed by atoms with Crippen LogP contribution in [0.4, 0.5) is 13.2 Å². The van der Waals surface area contributed by atoms with Gasteiger partial charge in [0.05, 0.1) is 30.6 Å². The predicted octanol–water partition coefficient (Wildman–Crippen LogP) is 6.60. The Bertz CT molecular complexity index is 1990. The minimum Gasteiger partial charge on any atom is -0.481 e. The van der Waals surface area contributed by atoms with E-state index in [4.69, 9.17) is 35.5 Å². The molecule has 286 valence electrons. The SMILES string of the molecule is COc1nc(-c2ccnc(-c3cccc4c3CC[C@H]4Oc3nc(OC)c(CNC4CCOCC4)cc3C(F)(F)F)c2Cl)ccc1CNC[C@@H]1CCC(=O)N1. The molecule has 3 aliphatic rings. The lowest BCUT2D eigenvalue weighted by Crippen LogP contribution is -2.35. The maximum atomic E-state index is 14.5. The molecule has 0 bridgehead atoms. The van der Waals surface area contributed by atoms with Crippen molar-refractivity contribution in [3.05, 3.63) is 81.5 Å². The molecule has 4 aromatic rings. The quantitative estimate of drug-likeness (QED) is 0.137. The average molecular weight is 767 g/mol. The maximum absolute atomic E-state index is 14.5. The third kappa shape index (κ3) is 8.26. The van der Waals surface area contributed by atoms with Gasteiger partial charge in [0.15, 0.2) is 0 Å². The lowest BCUT2D eigenvalue weighted by atomic mass is 9.98. The summed E-state index contributed by atoms with van der Waals surface area (Å²) in [6, 6.07) is 12.5. The molecule has 2 aliphatic heterocycles. The summed E-state index contributed by atoms with van der Waals surface area (Å²) in [5, 5.41) is 10.0. The van der Waals surface area contributed by atoms with Crippen molar-refractivity contribution in [2.24, 2.45) is 0 Å². The molecule has 2 saturated heterocycles. The molecule has 15 heteroatoms. The van der Waals surface area contributed by atoms with Crippen LogP contribution < -0.4 is 30.2 Å². The van der Waals surface area contributed by atoms with E-state index in [1.165, 1.54) is 7.11 Å². The van der Waals surface area contributed by atoms with Crippen molar-refractivity contribution in [2.45, 2.75) is 76.0 Å². The van der Waals surface area contributed by atoms with E-state index in [1.807, 2.05) is 30.3 Å². The number of amides is 1. The van der Waals surface area contributed by atoms with Crippen molar-refractivity contribution in [2.75, 3.05) is 34.0 Å². The number of methoxy groups -OCH3 is 2. The van der Waals surface area contributed by atoms with E-state index >= 15 is 0 Å². The number of rotatable bonds is 13. The molecule has 3 aromatic heterocycles. The van der Waals surface area contributed by atoms with Crippen LogP contribution in [-0.2, 0) is 35.2 Å². The highest BCUT2D eigenvalue weighted by atomic mass is 35.5. The third-order valence-corrected chi connectivity index (χ3v) is 10.5. The molecule has 7 rings (SSSR count). The summed E-state index contributed by atoms with van der Waals surface area (Å²) in [6.07, 6.45) is 0.116. The van der Waals surface area contributed by atoms with Crippen molar-refractivity contribution in [1.82, 2.24) is 30.9 Å². The number of pyridine rings is 3. The molecule has 1 aliphatic carbocycles. The molecule has 0 unspecified atom stereocenters. The number of benzene rings is 1. The number of carbonyl (C=O) groups excluding carboxylic acids is 1. The molecule has 1 amide bonds. The second-order valence-corrected chi connectivity index (χ2v) is 14.0. The summed E-state index contributed by atoms with van der Waals surface area (Å²) in [5.74, 6) is 0.0595. The fourth-order valence-corrected chi connectivity index (χ4v) is 7.65. The third-order valence-electron chi connectivity index (χ3n) is 10.1. The highest BCUT2D eigenvalue weighted by Gasteiger charge is 2.39. The van der Waals surface area contributed by atoms with Gasteiger partial charge in [-0.3, -0.25) is 9.78 Å². The normalized spacial score (nSPS) is 18.7. The summed E-state index contributed by atoms with van der Waals surface area (Å²) >= 11 is 7.06. The van der Waals surface area contributed by atoms with Crippen LogP contribution in [0, 0.1) is 0 Å². The molecule has 5 heterocycles. The van der Waals surface area contributed by atoms with Crippen LogP contribution in [0.5, 0.6) is 17.6 Å². The van der Waals surface area contributed by atoms with Gasteiger partial charge in [-0.1, -0.05) is 35.9 Å². The first-order chi connectivity index (χ1) is 26.1. The topological polar surface area (TPSA) is 129 Å². The maximum Gasteiger partial charge on any atom is 0.421 e. The summed E-state index contributed by atoms with van der Waals surface area (Å²) in [5.41, 5.74) is 4.34. The minimum atomic E-state index is -4.71. The van der Waals surface area contributed by atoms with Crippen LogP contribution in [0.1, 0.15) is 66.0 Å². The van der Waals surface area contributed by atoms with Gasteiger partial charge in [-0.25, -0.2) is 4.98 Å². The Labute approximate surface area is 316 Å². The van der Waals surface area contributed by atoms with Crippen LogP contribution >= 0.6 is 11.6 Å². The molecule has 0 saturated carbocycles. The number of ether oxygens (including phenoxy) is 4. The minimum absolute atomic E-state index is 0.0706. The largest absolute Gasteiger partial charge is 0.481 e. The van der Waals surface area contributed by atoms with Crippen LogP contribution in [0.25, 0.3) is 22.5 Å². The summed E-state index contributed by atoms with van der Waals surface area (Å²) in [6.45, 7) is 2.52. The first kappa shape index (κ1) is 37.8. The summed E-state index contributed by atoms with van der Waals surface area (Å²) in [7, 11) is 2.94. The zero-order valence-corrected chi connectivity index (χ0v) is 30.8. The van der Waals surface area contributed by atoms with Crippen LogP contribution in [0.3, 0.4) is 0 Å². The number of nitrogens with one attached hydrogen (secondary N) is 3. The molecule has 54 heavy (non-hydrogen) atoms. The Kier molecular flexibility index (Phi) is 11.5. The molecule has 0 spiro atoms. The zero-order chi connectivity index (χ0) is 37.8. The Balaban J connectivity index is 1.12. The van der Waals surface area contributed by atoms with Gasteiger partial charge in [-0.2, -0.15) is 18.2 Å². The molecular formula is C39H42ClF3N6O5. The van der Waals surface area contributed by atoms with E-state index in [9.17, 15) is 18.0 Å². The highest BCUT2D eigenvalue weighted by Crippen LogP contribution is 2.45.